The van der Waals surface area contributed by atoms with Gasteiger partial charge in [-0.2, -0.15) is 0 Å². The van der Waals surface area contributed by atoms with Gasteiger partial charge in [-0.25, -0.2) is 0 Å². The van der Waals surface area contributed by atoms with E-state index in [-0.39, 0.29) is 5.41 Å². The molecule has 0 saturated heterocycles. The lowest BCUT2D eigenvalue weighted by molar-refractivity contribution is 0.793. The normalized spacial score (nSPS) is 14.3. The zero-order chi connectivity index (χ0) is 21.2. The van der Waals surface area contributed by atoms with Crippen LogP contribution in [0.25, 0.3) is 22.3 Å². The minimum Gasteiger partial charge on any atom is -0.127 e. The molecule has 0 N–H and O–H groups in total. The standard InChI is InChI=1S/C30H24Si/c1-31(2,3)19-18-21-16-17-25-24-12-6-9-15-28(24)30(29(25)20-21)26-13-7-4-10-22(26)23-11-5-8-14-27(23)30/h4-17,20H,1-3H3. The van der Waals surface area contributed by atoms with Crippen LogP contribution in [0, 0.1) is 11.5 Å². The highest BCUT2D eigenvalue weighted by Crippen LogP contribution is 2.62. The van der Waals surface area contributed by atoms with Crippen molar-refractivity contribution in [1.29, 1.82) is 0 Å². The first-order valence-electron chi connectivity index (χ1n) is 11.0. The third-order valence-corrected chi connectivity index (χ3v) is 7.45. The topological polar surface area (TPSA) is 0 Å². The summed E-state index contributed by atoms with van der Waals surface area (Å²) < 4.78 is 0. The van der Waals surface area contributed by atoms with Gasteiger partial charge in [0.1, 0.15) is 8.07 Å². The lowest BCUT2D eigenvalue weighted by atomic mass is 9.70. The van der Waals surface area contributed by atoms with E-state index in [2.05, 4.69) is 122 Å². The first-order chi connectivity index (χ1) is 15.0. The van der Waals surface area contributed by atoms with Crippen LogP contribution in [0.15, 0.2) is 91.0 Å². The molecule has 148 valence electrons. The molecule has 1 spiro atoms. The van der Waals surface area contributed by atoms with Crippen LogP contribution in [0.4, 0.5) is 0 Å². The SMILES string of the molecule is C[Si](C)(C)C#Cc1ccc2c(c1)C1(c3ccccc3-c3ccccc31)c1ccccc1-2. The minimum atomic E-state index is -1.45. The lowest BCUT2D eigenvalue weighted by Gasteiger charge is -2.30. The van der Waals surface area contributed by atoms with Gasteiger partial charge in [0, 0.05) is 5.56 Å². The van der Waals surface area contributed by atoms with E-state index in [1.165, 1.54) is 44.5 Å². The van der Waals surface area contributed by atoms with Crippen molar-refractivity contribution in [1.82, 2.24) is 0 Å². The number of hydrogen-bond donors (Lipinski definition) is 0. The van der Waals surface area contributed by atoms with Gasteiger partial charge in [0.15, 0.2) is 0 Å². The Bertz CT molecular complexity index is 1360. The van der Waals surface area contributed by atoms with Crippen molar-refractivity contribution in [2.75, 3.05) is 0 Å². The molecule has 31 heavy (non-hydrogen) atoms. The Morgan fingerprint density at radius 3 is 1.48 bits per heavy atom. The quantitative estimate of drug-likeness (QED) is 0.182. The van der Waals surface area contributed by atoms with Crippen molar-refractivity contribution < 1.29 is 0 Å². The second kappa shape index (κ2) is 6.33. The fourth-order valence-electron chi connectivity index (χ4n) is 5.43. The number of rotatable bonds is 0. The fraction of sp³-hybridized carbons (Fsp3) is 0.133. The Morgan fingerprint density at radius 2 is 1.00 bits per heavy atom. The average Bonchev–Trinajstić information content (AvgIpc) is 3.24. The first-order valence-corrected chi connectivity index (χ1v) is 14.5. The maximum atomic E-state index is 3.56. The van der Waals surface area contributed by atoms with Crippen molar-refractivity contribution in [2.24, 2.45) is 0 Å². The lowest BCUT2D eigenvalue weighted by Crippen LogP contribution is -2.25. The summed E-state index contributed by atoms with van der Waals surface area (Å²) in [5.74, 6) is 3.51. The summed E-state index contributed by atoms with van der Waals surface area (Å²) in [6, 6.07) is 33.7. The van der Waals surface area contributed by atoms with Crippen LogP contribution in [-0.4, -0.2) is 8.07 Å². The molecular weight excluding hydrogens is 388 g/mol. The molecular formula is C30H24Si. The largest absolute Gasteiger partial charge is 0.129 e. The van der Waals surface area contributed by atoms with Gasteiger partial charge in [-0.05, 0) is 56.6 Å². The minimum absolute atomic E-state index is 0.268. The van der Waals surface area contributed by atoms with Crippen LogP contribution in [0.5, 0.6) is 0 Å². The molecule has 0 aromatic heterocycles. The number of hydrogen-bond acceptors (Lipinski definition) is 0. The van der Waals surface area contributed by atoms with Gasteiger partial charge in [-0.15, -0.1) is 5.54 Å². The van der Waals surface area contributed by atoms with Crippen molar-refractivity contribution in [3.8, 4) is 33.7 Å². The molecule has 0 bridgehead atoms. The predicted octanol–water partition coefficient (Wildman–Crippen LogP) is 7.26. The average molecular weight is 413 g/mol. The summed E-state index contributed by atoms with van der Waals surface area (Å²) in [6.07, 6.45) is 0. The zero-order valence-corrected chi connectivity index (χ0v) is 19.2. The molecule has 1 heteroatoms. The fourth-order valence-corrected chi connectivity index (χ4v) is 5.95. The van der Waals surface area contributed by atoms with Gasteiger partial charge in [0.25, 0.3) is 0 Å². The molecule has 0 unspecified atom stereocenters. The van der Waals surface area contributed by atoms with Crippen molar-refractivity contribution in [3.63, 3.8) is 0 Å². The highest BCUT2D eigenvalue weighted by molar-refractivity contribution is 6.83. The highest BCUT2D eigenvalue weighted by atomic mass is 28.3. The van der Waals surface area contributed by atoms with E-state index >= 15 is 0 Å². The molecule has 6 rings (SSSR count). The maximum absolute atomic E-state index is 3.56. The van der Waals surface area contributed by atoms with Crippen LogP contribution >= 0.6 is 0 Å². The molecule has 0 nitrogen and oxygen atoms in total. The van der Waals surface area contributed by atoms with Gasteiger partial charge in [0.05, 0.1) is 5.41 Å². The molecule has 0 saturated carbocycles. The Hall–Kier alpha value is -3.34. The Kier molecular flexibility index (Phi) is 3.76. The van der Waals surface area contributed by atoms with E-state index in [1.54, 1.807) is 0 Å². The second-order valence-corrected chi connectivity index (χ2v) is 14.4. The van der Waals surface area contributed by atoms with Crippen molar-refractivity contribution >= 4 is 8.07 Å². The second-order valence-electron chi connectivity index (χ2n) is 9.65. The van der Waals surface area contributed by atoms with E-state index in [1.807, 2.05) is 0 Å². The van der Waals surface area contributed by atoms with E-state index in [0.29, 0.717) is 0 Å². The van der Waals surface area contributed by atoms with Crippen LogP contribution in [0.2, 0.25) is 19.6 Å². The smallest absolute Gasteiger partial charge is 0.127 e. The summed E-state index contributed by atoms with van der Waals surface area (Å²) in [6.45, 7) is 6.90. The number of benzene rings is 4. The van der Waals surface area contributed by atoms with E-state index < -0.39 is 8.07 Å². The van der Waals surface area contributed by atoms with Gasteiger partial charge >= 0.3 is 0 Å². The zero-order valence-electron chi connectivity index (χ0n) is 18.2. The molecule has 4 aromatic rings. The monoisotopic (exact) mass is 412 g/mol. The van der Waals surface area contributed by atoms with Crippen LogP contribution in [0.1, 0.15) is 27.8 Å². The van der Waals surface area contributed by atoms with E-state index in [0.717, 1.165) is 5.56 Å². The molecule has 4 aromatic carbocycles. The Morgan fingerprint density at radius 1 is 0.548 bits per heavy atom. The molecule has 0 heterocycles. The van der Waals surface area contributed by atoms with Crippen LogP contribution < -0.4 is 0 Å². The third-order valence-electron chi connectivity index (χ3n) is 6.58. The van der Waals surface area contributed by atoms with E-state index in [4.69, 9.17) is 0 Å². The number of fused-ring (bicyclic) bond motifs is 10. The molecule has 0 aliphatic heterocycles. The van der Waals surface area contributed by atoms with Gasteiger partial charge in [-0.3, -0.25) is 0 Å². The molecule has 2 aliphatic carbocycles. The first kappa shape index (κ1) is 18.4. The van der Waals surface area contributed by atoms with Crippen molar-refractivity contribution in [3.05, 3.63) is 119 Å². The summed E-state index contributed by atoms with van der Waals surface area (Å²) in [5.41, 5.74) is 15.3. The summed E-state index contributed by atoms with van der Waals surface area (Å²) in [7, 11) is -1.45. The van der Waals surface area contributed by atoms with E-state index in [9.17, 15) is 0 Å². The molecule has 0 radical (unpaired) electrons. The van der Waals surface area contributed by atoms with Crippen molar-refractivity contribution in [2.45, 2.75) is 25.1 Å². The Labute approximate surface area is 185 Å². The van der Waals surface area contributed by atoms with Gasteiger partial charge in [-0.1, -0.05) is 104 Å². The Balaban J connectivity index is 1.74. The van der Waals surface area contributed by atoms with Gasteiger partial charge in [0.2, 0.25) is 0 Å². The third kappa shape index (κ3) is 2.49. The maximum Gasteiger partial charge on any atom is 0.129 e. The summed E-state index contributed by atoms with van der Waals surface area (Å²) in [4.78, 5) is 0. The molecule has 2 aliphatic rings. The molecule has 0 fully saturated rings. The summed E-state index contributed by atoms with van der Waals surface area (Å²) >= 11 is 0. The summed E-state index contributed by atoms with van der Waals surface area (Å²) in [5, 5.41) is 0. The van der Waals surface area contributed by atoms with Gasteiger partial charge < -0.3 is 0 Å². The van der Waals surface area contributed by atoms with Crippen LogP contribution in [0.3, 0.4) is 0 Å². The predicted molar refractivity (Wildman–Crippen MR) is 133 cm³/mol. The molecule has 0 atom stereocenters. The van der Waals surface area contributed by atoms with Crippen LogP contribution in [-0.2, 0) is 5.41 Å². The highest BCUT2D eigenvalue weighted by Gasteiger charge is 2.51. The molecule has 0 amide bonds.